The Labute approximate surface area is 226 Å². The Morgan fingerprint density at radius 2 is 1.68 bits per heavy atom. The number of fused-ring (bicyclic) bond motifs is 1. The zero-order chi connectivity index (χ0) is 26.6. The Hall–Kier alpha value is -3.51. The third-order valence-corrected chi connectivity index (χ3v) is 9.12. The molecule has 1 atom stereocenters. The van der Waals surface area contributed by atoms with Crippen molar-refractivity contribution >= 4 is 33.1 Å². The van der Waals surface area contributed by atoms with Crippen molar-refractivity contribution in [2.24, 2.45) is 17.6 Å². The predicted molar refractivity (Wildman–Crippen MR) is 151 cm³/mol. The minimum atomic E-state index is -0.483. The maximum atomic E-state index is 14.9. The van der Waals surface area contributed by atoms with Gasteiger partial charge in [0.1, 0.15) is 16.4 Å². The van der Waals surface area contributed by atoms with Crippen LogP contribution < -0.4 is 5.73 Å². The monoisotopic (exact) mass is 529 g/mol. The highest BCUT2D eigenvalue weighted by Crippen LogP contribution is 2.40. The summed E-state index contributed by atoms with van der Waals surface area (Å²) in [5.41, 5.74) is 8.16. The lowest BCUT2D eigenvalue weighted by atomic mass is 9.75. The van der Waals surface area contributed by atoms with Crippen LogP contribution in [0, 0.1) is 17.7 Å². The van der Waals surface area contributed by atoms with Crippen LogP contribution in [0.3, 0.4) is 0 Å². The van der Waals surface area contributed by atoms with Crippen molar-refractivity contribution in [2.45, 2.75) is 51.4 Å². The first kappa shape index (κ1) is 26.1. The van der Waals surface area contributed by atoms with Gasteiger partial charge in [-0.2, -0.15) is 0 Å². The third-order valence-electron chi connectivity index (χ3n) is 7.92. The zero-order valence-electron chi connectivity index (χ0n) is 21.3. The molecule has 0 aliphatic heterocycles. The maximum absolute atomic E-state index is 14.9. The first-order chi connectivity index (χ1) is 18.4. The van der Waals surface area contributed by atoms with Crippen LogP contribution in [0.5, 0.6) is 5.75 Å². The molecule has 0 radical (unpaired) electrons. The molecule has 1 aliphatic rings. The molecule has 0 bridgehead atoms. The standard InChI is InChI=1S/C32H32FNO3S/c33-27-17-16-23(21-10-12-22(13-11-21)32(34)37)18-25(27)15-14-24(20-6-2-1-3-7-20)19-28(35)31-30(36)26-8-4-5-9-29(26)38-31/h4-5,8-13,16-18,20,24,36H,1-3,6-7,14-15,19H2,(H2,34,37). The fourth-order valence-corrected chi connectivity index (χ4v) is 6.82. The summed E-state index contributed by atoms with van der Waals surface area (Å²) in [5.74, 6) is -0.119. The molecule has 0 spiro atoms. The Balaban J connectivity index is 1.35. The van der Waals surface area contributed by atoms with E-state index in [4.69, 9.17) is 5.73 Å². The Kier molecular flexibility index (Phi) is 7.89. The molecule has 1 aliphatic carbocycles. The molecule has 38 heavy (non-hydrogen) atoms. The molecule has 1 amide bonds. The van der Waals surface area contributed by atoms with Gasteiger partial charge in [-0.15, -0.1) is 11.3 Å². The number of ketones is 1. The third kappa shape index (κ3) is 5.65. The molecule has 196 valence electrons. The Morgan fingerprint density at radius 3 is 2.39 bits per heavy atom. The number of nitrogens with two attached hydrogens (primary N) is 1. The summed E-state index contributed by atoms with van der Waals surface area (Å²) < 4.78 is 15.8. The lowest BCUT2D eigenvalue weighted by Gasteiger charge is -2.30. The number of rotatable bonds is 9. The molecule has 3 aromatic carbocycles. The van der Waals surface area contributed by atoms with E-state index in [0.717, 1.165) is 46.9 Å². The van der Waals surface area contributed by atoms with Gasteiger partial charge in [-0.25, -0.2) is 4.39 Å². The molecule has 1 aromatic heterocycles. The van der Waals surface area contributed by atoms with Crippen LogP contribution in [0.1, 0.15) is 70.5 Å². The van der Waals surface area contributed by atoms with Crippen LogP contribution >= 0.6 is 11.3 Å². The van der Waals surface area contributed by atoms with Gasteiger partial charge in [0.15, 0.2) is 5.78 Å². The van der Waals surface area contributed by atoms with Gasteiger partial charge in [0.25, 0.3) is 0 Å². The second-order valence-corrected chi connectivity index (χ2v) is 11.4. The van der Waals surface area contributed by atoms with Crippen molar-refractivity contribution in [1.82, 2.24) is 0 Å². The highest BCUT2D eigenvalue weighted by Gasteiger charge is 2.28. The summed E-state index contributed by atoms with van der Waals surface area (Å²) in [4.78, 5) is 25.2. The van der Waals surface area contributed by atoms with Gasteiger partial charge in [-0.3, -0.25) is 9.59 Å². The normalized spacial score (nSPS) is 15.0. The van der Waals surface area contributed by atoms with Gasteiger partial charge in [-0.05, 0) is 77.8 Å². The second kappa shape index (κ2) is 11.5. The van der Waals surface area contributed by atoms with Crippen LogP contribution in [0.4, 0.5) is 4.39 Å². The predicted octanol–water partition coefficient (Wildman–Crippen LogP) is 7.91. The second-order valence-electron chi connectivity index (χ2n) is 10.3. The van der Waals surface area contributed by atoms with Crippen LogP contribution in [0.25, 0.3) is 21.2 Å². The summed E-state index contributed by atoms with van der Waals surface area (Å²) in [6.45, 7) is 0. The Bertz CT molecular complexity index is 1450. The van der Waals surface area contributed by atoms with E-state index in [0.29, 0.717) is 41.2 Å². The molecule has 4 aromatic rings. The van der Waals surface area contributed by atoms with E-state index in [1.54, 1.807) is 18.2 Å². The lowest BCUT2D eigenvalue weighted by Crippen LogP contribution is -2.22. The number of Topliss-reactive ketones (excluding diaryl/α,β-unsaturated/α-hetero) is 1. The average molecular weight is 530 g/mol. The summed E-state index contributed by atoms with van der Waals surface area (Å²) >= 11 is 1.35. The molecule has 6 heteroatoms. The highest BCUT2D eigenvalue weighted by molar-refractivity contribution is 7.21. The molecule has 1 heterocycles. The summed E-state index contributed by atoms with van der Waals surface area (Å²) in [6.07, 6.45) is 7.33. The van der Waals surface area contributed by atoms with E-state index in [-0.39, 0.29) is 23.3 Å². The number of primary amides is 1. The summed E-state index contributed by atoms with van der Waals surface area (Å²) in [5, 5.41) is 11.4. The van der Waals surface area contributed by atoms with Gasteiger partial charge < -0.3 is 10.8 Å². The smallest absolute Gasteiger partial charge is 0.248 e. The van der Waals surface area contributed by atoms with E-state index >= 15 is 0 Å². The first-order valence-corrected chi connectivity index (χ1v) is 14.1. The number of aromatic hydroxyl groups is 1. The van der Waals surface area contributed by atoms with Crippen LogP contribution in [0.15, 0.2) is 66.7 Å². The van der Waals surface area contributed by atoms with E-state index in [1.807, 2.05) is 42.5 Å². The highest BCUT2D eigenvalue weighted by atomic mass is 32.1. The maximum Gasteiger partial charge on any atom is 0.248 e. The van der Waals surface area contributed by atoms with Gasteiger partial charge >= 0.3 is 0 Å². The fourth-order valence-electron chi connectivity index (χ4n) is 5.78. The molecule has 0 saturated heterocycles. The van der Waals surface area contributed by atoms with Gasteiger partial charge in [0.2, 0.25) is 5.91 Å². The molecule has 1 unspecified atom stereocenters. The minimum absolute atomic E-state index is 0.0250. The Morgan fingerprint density at radius 1 is 0.974 bits per heavy atom. The minimum Gasteiger partial charge on any atom is -0.506 e. The number of hydrogen-bond acceptors (Lipinski definition) is 4. The van der Waals surface area contributed by atoms with Crippen molar-refractivity contribution in [3.8, 4) is 16.9 Å². The SMILES string of the molecule is NC(=O)c1ccc(-c2ccc(F)c(CCC(CC(=O)c3sc4ccccc4c3O)C3CCCCC3)c2)cc1. The average Bonchev–Trinajstić information content (AvgIpc) is 3.28. The van der Waals surface area contributed by atoms with E-state index in [2.05, 4.69) is 0 Å². The first-order valence-electron chi connectivity index (χ1n) is 13.3. The van der Waals surface area contributed by atoms with E-state index in [9.17, 15) is 19.1 Å². The largest absolute Gasteiger partial charge is 0.506 e. The number of thiophene rings is 1. The van der Waals surface area contributed by atoms with Crippen LogP contribution in [-0.4, -0.2) is 16.8 Å². The topological polar surface area (TPSA) is 80.4 Å². The zero-order valence-corrected chi connectivity index (χ0v) is 22.1. The molecular weight excluding hydrogens is 497 g/mol. The van der Waals surface area contributed by atoms with E-state index < -0.39 is 5.91 Å². The fraction of sp³-hybridized carbons (Fsp3) is 0.312. The van der Waals surface area contributed by atoms with E-state index in [1.165, 1.54) is 23.8 Å². The summed E-state index contributed by atoms with van der Waals surface area (Å²) in [6, 6.07) is 19.6. The van der Waals surface area contributed by atoms with Crippen molar-refractivity contribution in [3.05, 3.63) is 88.6 Å². The summed E-state index contributed by atoms with van der Waals surface area (Å²) in [7, 11) is 0. The van der Waals surface area contributed by atoms with Gasteiger partial charge in [-0.1, -0.05) is 62.4 Å². The molecule has 4 nitrogen and oxygen atoms in total. The molecule has 5 rings (SSSR count). The van der Waals surface area contributed by atoms with Crippen LogP contribution in [0.2, 0.25) is 0 Å². The number of aryl methyl sites for hydroxylation is 1. The van der Waals surface area contributed by atoms with Crippen molar-refractivity contribution < 1.29 is 19.1 Å². The molecule has 3 N–H and O–H groups in total. The number of carbonyl (C=O) groups is 2. The number of amides is 1. The van der Waals surface area contributed by atoms with Gasteiger partial charge in [0, 0.05) is 22.1 Å². The van der Waals surface area contributed by atoms with Gasteiger partial charge in [0.05, 0.1) is 0 Å². The number of hydrogen-bond donors (Lipinski definition) is 2. The quantitative estimate of drug-likeness (QED) is 0.216. The number of halogens is 1. The number of benzene rings is 3. The number of carbonyl (C=O) groups excluding carboxylic acids is 2. The molecule has 1 saturated carbocycles. The van der Waals surface area contributed by atoms with Crippen molar-refractivity contribution in [2.75, 3.05) is 0 Å². The molecule has 1 fully saturated rings. The van der Waals surface area contributed by atoms with Crippen molar-refractivity contribution in [1.29, 1.82) is 0 Å². The van der Waals surface area contributed by atoms with Crippen molar-refractivity contribution in [3.63, 3.8) is 0 Å². The molecular formula is C32H32FNO3S. The lowest BCUT2D eigenvalue weighted by molar-refractivity contribution is 0.0926. The van der Waals surface area contributed by atoms with Crippen LogP contribution in [-0.2, 0) is 6.42 Å².